The molecule has 3 heterocycles. The van der Waals surface area contributed by atoms with Gasteiger partial charge < -0.3 is 9.88 Å². The van der Waals surface area contributed by atoms with Crippen LogP contribution in [-0.4, -0.2) is 28.0 Å². The maximum absolute atomic E-state index is 4.53. The Hall–Kier alpha value is -1.58. The lowest BCUT2D eigenvalue weighted by molar-refractivity contribution is 0.479. The molecule has 0 atom stereocenters. The van der Waals surface area contributed by atoms with Crippen molar-refractivity contribution >= 4 is 16.9 Å². The quantitative estimate of drug-likeness (QED) is 0.836. The van der Waals surface area contributed by atoms with E-state index >= 15 is 0 Å². The maximum atomic E-state index is 4.53. The van der Waals surface area contributed by atoms with E-state index in [1.54, 1.807) is 6.33 Å². The minimum atomic E-state index is 0.615. The zero-order valence-electron chi connectivity index (χ0n) is 10.5. The molecular formula is C14H18N4. The number of aromatic amines is 1. The molecule has 1 saturated heterocycles. The molecule has 2 aromatic rings. The summed E-state index contributed by atoms with van der Waals surface area (Å²) in [7, 11) is 0. The van der Waals surface area contributed by atoms with Gasteiger partial charge in [-0.05, 0) is 37.2 Å². The second-order valence-electron chi connectivity index (χ2n) is 5.82. The molecule has 0 bridgehead atoms. The molecule has 1 aliphatic heterocycles. The summed E-state index contributed by atoms with van der Waals surface area (Å²) in [5.74, 6) is 1.12. The normalized spacial score (nSPS) is 22.3. The Morgan fingerprint density at radius 1 is 1.17 bits per heavy atom. The Morgan fingerprint density at radius 2 is 2.11 bits per heavy atom. The van der Waals surface area contributed by atoms with Crippen LogP contribution in [0.1, 0.15) is 32.1 Å². The lowest BCUT2D eigenvalue weighted by Crippen LogP contribution is -2.30. The molecule has 2 aliphatic rings. The maximum Gasteiger partial charge on any atom is 0.142 e. The Kier molecular flexibility index (Phi) is 2.13. The smallest absolute Gasteiger partial charge is 0.142 e. The molecule has 0 aromatic carbocycles. The topological polar surface area (TPSA) is 44.8 Å². The monoisotopic (exact) mass is 242 g/mol. The van der Waals surface area contributed by atoms with E-state index in [0.717, 1.165) is 23.4 Å². The highest BCUT2D eigenvalue weighted by atomic mass is 15.2. The third-order valence-corrected chi connectivity index (χ3v) is 4.50. The largest absolute Gasteiger partial charge is 0.355 e. The van der Waals surface area contributed by atoms with Crippen LogP contribution in [0.15, 0.2) is 18.6 Å². The molecule has 1 N–H and O–H groups in total. The molecular weight excluding hydrogens is 224 g/mol. The molecule has 4 rings (SSSR count). The van der Waals surface area contributed by atoms with Gasteiger partial charge in [0.2, 0.25) is 0 Å². The SMILES string of the molecule is c1nc(N2CCCCC3(CC3)C2)c2cc[nH]c2n1. The molecule has 18 heavy (non-hydrogen) atoms. The van der Waals surface area contributed by atoms with Crippen molar-refractivity contribution in [3.05, 3.63) is 18.6 Å². The van der Waals surface area contributed by atoms with Gasteiger partial charge in [-0.15, -0.1) is 0 Å². The van der Waals surface area contributed by atoms with Crippen molar-refractivity contribution in [2.75, 3.05) is 18.0 Å². The van der Waals surface area contributed by atoms with Crippen LogP contribution in [0, 0.1) is 5.41 Å². The van der Waals surface area contributed by atoms with E-state index in [9.17, 15) is 0 Å². The number of aromatic nitrogens is 3. The minimum absolute atomic E-state index is 0.615. The van der Waals surface area contributed by atoms with E-state index in [1.807, 2.05) is 6.20 Å². The minimum Gasteiger partial charge on any atom is -0.355 e. The van der Waals surface area contributed by atoms with Crippen LogP contribution in [0.5, 0.6) is 0 Å². The summed E-state index contributed by atoms with van der Waals surface area (Å²) in [5.41, 5.74) is 1.57. The van der Waals surface area contributed by atoms with E-state index in [-0.39, 0.29) is 0 Å². The molecule has 1 aliphatic carbocycles. The summed E-state index contributed by atoms with van der Waals surface area (Å²) in [6.45, 7) is 2.32. The molecule has 94 valence electrons. The molecule has 1 spiro atoms. The second kappa shape index (κ2) is 3.70. The molecule has 1 saturated carbocycles. The molecule has 2 fully saturated rings. The second-order valence-corrected chi connectivity index (χ2v) is 5.82. The highest BCUT2D eigenvalue weighted by Gasteiger charge is 2.44. The first-order valence-corrected chi connectivity index (χ1v) is 6.89. The van der Waals surface area contributed by atoms with Gasteiger partial charge >= 0.3 is 0 Å². The van der Waals surface area contributed by atoms with Gasteiger partial charge in [-0.3, -0.25) is 0 Å². The van der Waals surface area contributed by atoms with E-state index in [4.69, 9.17) is 0 Å². The van der Waals surface area contributed by atoms with Gasteiger partial charge in [-0.25, -0.2) is 9.97 Å². The highest BCUT2D eigenvalue weighted by Crippen LogP contribution is 2.52. The Labute approximate surface area is 106 Å². The van der Waals surface area contributed by atoms with Gasteiger partial charge in [0.05, 0.1) is 5.39 Å². The molecule has 4 nitrogen and oxygen atoms in total. The first-order valence-electron chi connectivity index (χ1n) is 6.89. The van der Waals surface area contributed by atoms with E-state index in [0.29, 0.717) is 5.41 Å². The number of hydrogen-bond donors (Lipinski definition) is 1. The first kappa shape index (κ1) is 10.4. The molecule has 0 radical (unpaired) electrons. The third-order valence-electron chi connectivity index (χ3n) is 4.50. The van der Waals surface area contributed by atoms with Crippen LogP contribution in [0.4, 0.5) is 5.82 Å². The van der Waals surface area contributed by atoms with E-state index in [1.165, 1.54) is 38.6 Å². The Morgan fingerprint density at radius 3 is 3.00 bits per heavy atom. The number of anilines is 1. The predicted molar refractivity (Wildman–Crippen MR) is 71.6 cm³/mol. The van der Waals surface area contributed by atoms with Gasteiger partial charge in [0.15, 0.2) is 0 Å². The van der Waals surface area contributed by atoms with Crippen molar-refractivity contribution < 1.29 is 0 Å². The lowest BCUT2D eigenvalue weighted by Gasteiger charge is -2.25. The van der Waals surface area contributed by atoms with Crippen molar-refractivity contribution in [3.63, 3.8) is 0 Å². The van der Waals surface area contributed by atoms with Gasteiger partial charge in [-0.2, -0.15) is 0 Å². The number of H-pyrrole nitrogens is 1. The van der Waals surface area contributed by atoms with E-state index in [2.05, 4.69) is 25.9 Å². The van der Waals surface area contributed by atoms with Crippen LogP contribution in [0.25, 0.3) is 11.0 Å². The zero-order chi connectivity index (χ0) is 12.0. The molecule has 4 heteroatoms. The van der Waals surface area contributed by atoms with Gasteiger partial charge in [-0.1, -0.05) is 6.42 Å². The van der Waals surface area contributed by atoms with Gasteiger partial charge in [0.25, 0.3) is 0 Å². The molecule has 2 aromatic heterocycles. The average molecular weight is 242 g/mol. The van der Waals surface area contributed by atoms with Gasteiger partial charge in [0, 0.05) is 19.3 Å². The summed E-state index contributed by atoms with van der Waals surface area (Å²) in [6.07, 6.45) is 10.5. The fourth-order valence-corrected chi connectivity index (χ4v) is 3.24. The van der Waals surface area contributed by atoms with Crippen LogP contribution in [-0.2, 0) is 0 Å². The average Bonchev–Trinajstić information content (AvgIpc) is 3.05. The summed E-state index contributed by atoms with van der Waals surface area (Å²) in [4.78, 5) is 14.5. The van der Waals surface area contributed by atoms with E-state index < -0.39 is 0 Å². The van der Waals surface area contributed by atoms with Crippen molar-refractivity contribution in [1.82, 2.24) is 15.0 Å². The van der Waals surface area contributed by atoms with Crippen LogP contribution in [0.3, 0.4) is 0 Å². The number of hydrogen-bond acceptors (Lipinski definition) is 3. The summed E-state index contributed by atoms with van der Waals surface area (Å²) >= 11 is 0. The molecule has 0 unspecified atom stereocenters. The van der Waals surface area contributed by atoms with Crippen LogP contribution in [0.2, 0.25) is 0 Å². The number of rotatable bonds is 1. The van der Waals surface area contributed by atoms with Crippen molar-refractivity contribution in [1.29, 1.82) is 0 Å². The zero-order valence-corrected chi connectivity index (χ0v) is 10.5. The number of nitrogens with zero attached hydrogens (tertiary/aromatic N) is 3. The summed E-state index contributed by atoms with van der Waals surface area (Å²) in [6, 6.07) is 2.09. The van der Waals surface area contributed by atoms with Gasteiger partial charge in [0.1, 0.15) is 17.8 Å². The van der Waals surface area contributed by atoms with Crippen LogP contribution < -0.4 is 4.90 Å². The molecule has 0 amide bonds. The fraction of sp³-hybridized carbons (Fsp3) is 0.571. The van der Waals surface area contributed by atoms with Crippen molar-refractivity contribution in [2.45, 2.75) is 32.1 Å². The standard InChI is InChI=1S/C14H18N4/c1-2-8-18(9-14(4-1)5-6-14)13-11-3-7-15-12(11)16-10-17-13/h3,7,10H,1-2,4-6,8-9H2,(H,15,16,17). The predicted octanol–water partition coefficient (Wildman–Crippen LogP) is 2.73. The highest BCUT2D eigenvalue weighted by molar-refractivity contribution is 5.87. The Bertz CT molecular complexity index is 570. The number of nitrogens with one attached hydrogen (secondary N) is 1. The third kappa shape index (κ3) is 1.59. The van der Waals surface area contributed by atoms with Crippen molar-refractivity contribution in [3.8, 4) is 0 Å². The first-order chi connectivity index (χ1) is 8.86. The number of fused-ring (bicyclic) bond motifs is 1. The van der Waals surface area contributed by atoms with Crippen LogP contribution >= 0.6 is 0 Å². The fourth-order valence-electron chi connectivity index (χ4n) is 3.24. The lowest BCUT2D eigenvalue weighted by atomic mass is 10.0. The Balaban J connectivity index is 1.74. The van der Waals surface area contributed by atoms with Crippen molar-refractivity contribution in [2.24, 2.45) is 5.41 Å². The summed E-state index contributed by atoms with van der Waals surface area (Å²) in [5, 5.41) is 1.16. The summed E-state index contributed by atoms with van der Waals surface area (Å²) < 4.78 is 0.